The van der Waals surface area contributed by atoms with Gasteiger partial charge in [-0.25, -0.2) is 4.79 Å². The molecule has 26 heavy (non-hydrogen) atoms. The predicted molar refractivity (Wildman–Crippen MR) is 101 cm³/mol. The van der Waals surface area contributed by atoms with Crippen LogP contribution in [0.4, 0.5) is 10.5 Å². The summed E-state index contributed by atoms with van der Waals surface area (Å²) in [7, 11) is 3.10. The number of carbonyl (C=O) groups is 1. The van der Waals surface area contributed by atoms with Crippen LogP contribution >= 0.6 is 0 Å². The van der Waals surface area contributed by atoms with E-state index in [2.05, 4.69) is 16.7 Å². The van der Waals surface area contributed by atoms with E-state index in [1.165, 1.54) is 11.1 Å². The van der Waals surface area contributed by atoms with E-state index in [1.807, 2.05) is 19.1 Å². The number of nitrogens with one attached hydrogen (secondary N) is 2. The maximum atomic E-state index is 12.3. The molecule has 2 N–H and O–H groups in total. The van der Waals surface area contributed by atoms with Gasteiger partial charge < -0.3 is 24.8 Å². The van der Waals surface area contributed by atoms with E-state index in [-0.39, 0.29) is 12.1 Å². The highest BCUT2D eigenvalue weighted by molar-refractivity contribution is 5.91. The average Bonchev–Trinajstić information content (AvgIpc) is 3.08. The molecule has 2 aromatic carbocycles. The summed E-state index contributed by atoms with van der Waals surface area (Å²) in [5.74, 6) is 2.03. The Kier molecular flexibility index (Phi) is 5.51. The van der Waals surface area contributed by atoms with E-state index in [9.17, 15) is 4.79 Å². The van der Waals surface area contributed by atoms with Crippen LogP contribution < -0.4 is 24.8 Å². The number of para-hydroxylation sites is 1. The van der Waals surface area contributed by atoms with E-state index < -0.39 is 0 Å². The highest BCUT2D eigenvalue weighted by Gasteiger charge is 2.16. The first-order valence-electron chi connectivity index (χ1n) is 8.64. The van der Waals surface area contributed by atoms with Gasteiger partial charge in [-0.05, 0) is 42.7 Å². The summed E-state index contributed by atoms with van der Waals surface area (Å²) < 4.78 is 16.1. The molecule has 1 aliphatic heterocycles. The van der Waals surface area contributed by atoms with Crippen LogP contribution in [0.1, 0.15) is 18.1 Å². The Labute approximate surface area is 153 Å². The molecule has 0 unspecified atom stereocenters. The Morgan fingerprint density at radius 1 is 1.23 bits per heavy atom. The molecule has 2 aromatic rings. The largest absolute Gasteiger partial charge is 0.493 e. The fourth-order valence-electron chi connectivity index (χ4n) is 3.14. The summed E-state index contributed by atoms with van der Waals surface area (Å²) in [6.45, 7) is 2.73. The van der Waals surface area contributed by atoms with Gasteiger partial charge in [0.25, 0.3) is 0 Å². The predicted octanol–water partition coefficient (Wildman–Crippen LogP) is 3.39. The molecule has 0 saturated heterocycles. The molecule has 1 atom stereocenters. The van der Waals surface area contributed by atoms with Crippen molar-refractivity contribution < 1.29 is 19.0 Å². The van der Waals surface area contributed by atoms with E-state index in [0.29, 0.717) is 17.2 Å². The summed E-state index contributed by atoms with van der Waals surface area (Å²) in [6, 6.07) is 11.3. The second-order valence-corrected chi connectivity index (χ2v) is 6.29. The lowest BCUT2D eigenvalue weighted by Gasteiger charge is -2.17. The molecule has 0 saturated carbocycles. The molecule has 0 aliphatic carbocycles. The van der Waals surface area contributed by atoms with Crippen LogP contribution in [0.25, 0.3) is 0 Å². The minimum atomic E-state index is -0.284. The number of carbonyl (C=O) groups excluding carboxylic acids is 1. The van der Waals surface area contributed by atoms with Crippen LogP contribution in [0.5, 0.6) is 17.2 Å². The van der Waals surface area contributed by atoms with Crippen molar-refractivity contribution in [1.29, 1.82) is 0 Å². The van der Waals surface area contributed by atoms with Crippen molar-refractivity contribution in [2.45, 2.75) is 25.8 Å². The Morgan fingerprint density at radius 2 is 2.08 bits per heavy atom. The van der Waals surface area contributed by atoms with Gasteiger partial charge in [0.2, 0.25) is 0 Å². The third kappa shape index (κ3) is 4.02. The molecule has 1 heterocycles. The van der Waals surface area contributed by atoms with E-state index in [1.54, 1.807) is 32.4 Å². The first kappa shape index (κ1) is 17.9. The normalized spacial score (nSPS) is 13.3. The van der Waals surface area contributed by atoms with Crippen LogP contribution in [0.15, 0.2) is 36.4 Å². The number of fused-ring (bicyclic) bond motifs is 1. The monoisotopic (exact) mass is 356 g/mol. The van der Waals surface area contributed by atoms with E-state index >= 15 is 0 Å². The molecule has 0 aromatic heterocycles. The zero-order valence-corrected chi connectivity index (χ0v) is 15.3. The SMILES string of the molecule is COc1cccc(NC(=O)N[C@@H](C)Cc2ccc3c(c2)CCO3)c1OC. The molecule has 0 bridgehead atoms. The van der Waals surface area contributed by atoms with Gasteiger partial charge in [-0.15, -0.1) is 0 Å². The Morgan fingerprint density at radius 3 is 2.85 bits per heavy atom. The van der Waals surface area contributed by atoms with E-state index in [0.717, 1.165) is 25.2 Å². The lowest BCUT2D eigenvalue weighted by molar-refractivity contribution is 0.249. The number of ether oxygens (including phenoxy) is 3. The Balaban J connectivity index is 1.59. The molecule has 6 heteroatoms. The summed E-state index contributed by atoms with van der Waals surface area (Å²) >= 11 is 0. The summed E-state index contributed by atoms with van der Waals surface area (Å²) in [4.78, 5) is 12.3. The van der Waals surface area contributed by atoms with Crippen molar-refractivity contribution in [3.05, 3.63) is 47.5 Å². The van der Waals surface area contributed by atoms with Crippen LogP contribution in [0.2, 0.25) is 0 Å². The van der Waals surface area contributed by atoms with Crippen LogP contribution in [-0.2, 0) is 12.8 Å². The minimum absolute atomic E-state index is 0.0213. The van der Waals surface area contributed by atoms with Crippen molar-refractivity contribution >= 4 is 11.7 Å². The number of anilines is 1. The van der Waals surface area contributed by atoms with Crippen molar-refractivity contribution in [2.24, 2.45) is 0 Å². The van der Waals surface area contributed by atoms with Crippen LogP contribution in [0.3, 0.4) is 0 Å². The van der Waals surface area contributed by atoms with E-state index in [4.69, 9.17) is 14.2 Å². The Hall–Kier alpha value is -2.89. The van der Waals surface area contributed by atoms with Gasteiger partial charge in [0.1, 0.15) is 5.75 Å². The topological polar surface area (TPSA) is 68.8 Å². The summed E-state index contributed by atoms with van der Waals surface area (Å²) in [6.07, 6.45) is 1.69. The smallest absolute Gasteiger partial charge is 0.319 e. The molecule has 2 amide bonds. The standard InChI is InChI=1S/C20H24N2O4/c1-13(11-14-7-8-17-15(12-14)9-10-26-17)21-20(23)22-16-5-4-6-18(24-2)19(16)25-3/h4-8,12-13H,9-11H2,1-3H3,(H2,21,22,23)/t13-/m0/s1. The zero-order valence-electron chi connectivity index (χ0n) is 15.3. The minimum Gasteiger partial charge on any atom is -0.493 e. The highest BCUT2D eigenvalue weighted by Crippen LogP contribution is 2.34. The molecule has 0 spiro atoms. The lowest BCUT2D eigenvalue weighted by atomic mass is 10.0. The van der Waals surface area contributed by atoms with Gasteiger partial charge in [0.15, 0.2) is 11.5 Å². The average molecular weight is 356 g/mol. The second kappa shape index (κ2) is 7.99. The number of urea groups is 1. The van der Waals surface area contributed by atoms with Crippen molar-refractivity contribution in [2.75, 3.05) is 26.1 Å². The maximum absolute atomic E-state index is 12.3. The molecule has 0 radical (unpaired) electrons. The first-order valence-corrected chi connectivity index (χ1v) is 8.64. The zero-order chi connectivity index (χ0) is 18.5. The van der Waals surface area contributed by atoms with Gasteiger partial charge in [-0.3, -0.25) is 0 Å². The van der Waals surface area contributed by atoms with Crippen LogP contribution in [-0.4, -0.2) is 32.9 Å². The number of methoxy groups -OCH3 is 2. The molecule has 6 nitrogen and oxygen atoms in total. The highest BCUT2D eigenvalue weighted by atomic mass is 16.5. The van der Waals surface area contributed by atoms with Crippen molar-refractivity contribution in [3.8, 4) is 17.2 Å². The van der Waals surface area contributed by atoms with Gasteiger partial charge in [0, 0.05) is 12.5 Å². The second-order valence-electron chi connectivity index (χ2n) is 6.29. The van der Waals surface area contributed by atoms with Gasteiger partial charge in [-0.1, -0.05) is 18.2 Å². The molecular weight excluding hydrogens is 332 g/mol. The number of benzene rings is 2. The fraction of sp³-hybridized carbons (Fsp3) is 0.350. The Bertz CT molecular complexity index is 791. The quantitative estimate of drug-likeness (QED) is 0.832. The summed E-state index contributed by atoms with van der Waals surface area (Å²) in [5, 5.41) is 5.78. The maximum Gasteiger partial charge on any atom is 0.319 e. The number of rotatable bonds is 6. The van der Waals surface area contributed by atoms with Gasteiger partial charge >= 0.3 is 6.03 Å². The summed E-state index contributed by atoms with van der Waals surface area (Å²) in [5.41, 5.74) is 2.98. The lowest BCUT2D eigenvalue weighted by Crippen LogP contribution is -2.37. The first-order chi connectivity index (χ1) is 12.6. The van der Waals surface area contributed by atoms with Gasteiger partial charge in [-0.2, -0.15) is 0 Å². The number of amides is 2. The number of hydrogen-bond donors (Lipinski definition) is 2. The van der Waals surface area contributed by atoms with Gasteiger partial charge in [0.05, 0.1) is 26.5 Å². The molecule has 3 rings (SSSR count). The molecule has 0 fully saturated rings. The van der Waals surface area contributed by atoms with Crippen molar-refractivity contribution in [1.82, 2.24) is 5.32 Å². The number of hydrogen-bond acceptors (Lipinski definition) is 4. The van der Waals surface area contributed by atoms with Crippen molar-refractivity contribution in [3.63, 3.8) is 0 Å². The molecule has 138 valence electrons. The third-order valence-corrected chi connectivity index (χ3v) is 4.32. The molecule has 1 aliphatic rings. The van der Waals surface area contributed by atoms with Crippen LogP contribution in [0, 0.1) is 0 Å². The third-order valence-electron chi connectivity index (χ3n) is 4.32. The fourth-order valence-corrected chi connectivity index (χ4v) is 3.14. The molecular formula is C20H24N2O4.